The van der Waals surface area contributed by atoms with Gasteiger partial charge in [-0.1, -0.05) is 30.3 Å². The summed E-state index contributed by atoms with van der Waals surface area (Å²) in [7, 11) is 0. The topological polar surface area (TPSA) is 82.5 Å². The molecule has 0 spiro atoms. The molecule has 38 heavy (non-hydrogen) atoms. The number of carbonyl (C=O) groups excluding carboxylic acids is 2. The van der Waals surface area contributed by atoms with Crippen LogP contribution in [-0.2, 0) is 10.4 Å². The molecule has 6 nitrogen and oxygen atoms in total. The number of nitrogens with one attached hydrogen (secondary N) is 1. The van der Waals surface area contributed by atoms with E-state index in [2.05, 4.69) is 10.3 Å². The number of halogens is 4. The molecule has 5 atom stereocenters. The van der Waals surface area contributed by atoms with Gasteiger partial charge in [-0.2, -0.15) is 0 Å². The van der Waals surface area contributed by atoms with Crippen LogP contribution < -0.4 is 10.2 Å². The number of hydrogen-bond acceptors (Lipinski definition) is 4. The fourth-order valence-corrected chi connectivity index (χ4v) is 5.87. The molecule has 1 saturated carbocycles. The minimum atomic E-state index is -2.73. The monoisotopic (exact) mass is 543 g/mol. The van der Waals surface area contributed by atoms with Crippen LogP contribution in [0.5, 0.6) is 0 Å². The first-order valence-corrected chi connectivity index (χ1v) is 12.7. The van der Waals surface area contributed by atoms with Crippen LogP contribution in [0.1, 0.15) is 34.3 Å². The standard InChI is InChI=1S/C28H25ClF3N3O3/c29-22-13-23(34-26(36)16-5-4-10-33-14-16)20(25(31)32)11-17(22)15-35-24-9-2-1-8-21(24)28(38,27(35)37)18-6-3-7-19(30)12-18/h1-10,12,14,17,20,22-23,25,38H,11,13,15H2,(H,34,36)/t17-,20-,22-,23-,28-/m1/s1. The number of alkyl halides is 3. The van der Waals surface area contributed by atoms with Gasteiger partial charge in [-0.05, 0) is 49.1 Å². The average molecular weight is 544 g/mol. The summed E-state index contributed by atoms with van der Waals surface area (Å²) in [6.45, 7) is -0.0197. The van der Waals surface area contributed by atoms with Crippen molar-refractivity contribution in [1.29, 1.82) is 0 Å². The molecule has 10 heteroatoms. The fourth-order valence-electron chi connectivity index (χ4n) is 5.50. The highest BCUT2D eigenvalue weighted by molar-refractivity contribution is 6.21. The second kappa shape index (κ2) is 10.4. The van der Waals surface area contributed by atoms with E-state index in [1.54, 1.807) is 36.4 Å². The molecular weight excluding hydrogens is 519 g/mol. The van der Waals surface area contributed by atoms with Crippen LogP contribution in [0.2, 0.25) is 0 Å². The van der Waals surface area contributed by atoms with E-state index in [0.29, 0.717) is 5.69 Å². The van der Waals surface area contributed by atoms with Gasteiger partial charge in [0.25, 0.3) is 11.8 Å². The summed E-state index contributed by atoms with van der Waals surface area (Å²) in [6.07, 6.45) is 0.157. The normalized spacial score (nSPS) is 26.9. The third kappa shape index (κ3) is 4.65. The average Bonchev–Trinajstić information content (AvgIpc) is 3.13. The summed E-state index contributed by atoms with van der Waals surface area (Å²) < 4.78 is 42.4. The van der Waals surface area contributed by atoms with Gasteiger partial charge in [-0.25, -0.2) is 13.2 Å². The lowest BCUT2D eigenvalue weighted by Crippen LogP contribution is -2.52. The Morgan fingerprint density at radius 1 is 1.16 bits per heavy atom. The lowest BCUT2D eigenvalue weighted by atomic mass is 9.77. The Morgan fingerprint density at radius 2 is 1.95 bits per heavy atom. The van der Waals surface area contributed by atoms with Gasteiger partial charge in [0.1, 0.15) is 5.82 Å². The summed E-state index contributed by atoms with van der Waals surface area (Å²) in [6, 6.07) is 14.0. The fraction of sp³-hybridized carbons (Fsp3) is 0.321. The van der Waals surface area contributed by atoms with Gasteiger partial charge < -0.3 is 15.3 Å². The smallest absolute Gasteiger partial charge is 0.268 e. The molecule has 2 N–H and O–H groups in total. The van der Waals surface area contributed by atoms with Gasteiger partial charge in [-0.3, -0.25) is 14.6 Å². The number of fused-ring (bicyclic) bond motifs is 1. The molecule has 0 unspecified atom stereocenters. The van der Waals surface area contributed by atoms with E-state index in [4.69, 9.17) is 11.6 Å². The van der Waals surface area contributed by atoms with E-state index < -0.39 is 52.9 Å². The highest BCUT2D eigenvalue weighted by Gasteiger charge is 2.52. The third-order valence-electron chi connectivity index (χ3n) is 7.44. The maximum absolute atomic E-state index is 14.2. The van der Waals surface area contributed by atoms with Crippen LogP contribution in [0, 0.1) is 17.7 Å². The van der Waals surface area contributed by atoms with Crippen LogP contribution in [0.25, 0.3) is 0 Å². The molecular formula is C28H25ClF3N3O3. The van der Waals surface area contributed by atoms with Gasteiger partial charge in [0.2, 0.25) is 6.43 Å². The van der Waals surface area contributed by atoms with Crippen molar-refractivity contribution in [3.8, 4) is 0 Å². The summed E-state index contributed by atoms with van der Waals surface area (Å²) in [5.74, 6) is -3.56. The highest BCUT2D eigenvalue weighted by atomic mass is 35.5. The van der Waals surface area contributed by atoms with Crippen LogP contribution in [0.4, 0.5) is 18.9 Å². The van der Waals surface area contributed by atoms with Crippen LogP contribution in [0.15, 0.2) is 73.1 Å². The molecule has 5 rings (SSSR count). The summed E-state index contributed by atoms with van der Waals surface area (Å²) in [5.41, 5.74) is -1.10. The van der Waals surface area contributed by atoms with Gasteiger partial charge >= 0.3 is 0 Å². The molecule has 0 bridgehead atoms. The van der Waals surface area contributed by atoms with Gasteiger partial charge in [0.05, 0.1) is 11.3 Å². The van der Waals surface area contributed by atoms with E-state index in [1.807, 2.05) is 0 Å². The number of carbonyl (C=O) groups is 2. The number of nitrogens with zero attached hydrogens (tertiary/aromatic N) is 2. The predicted octanol–water partition coefficient (Wildman–Crippen LogP) is 4.50. The van der Waals surface area contributed by atoms with Crippen LogP contribution in [0.3, 0.4) is 0 Å². The zero-order valence-electron chi connectivity index (χ0n) is 20.1. The SMILES string of the molecule is O=C(N[C@@H]1C[C@@H](Cl)[C@@H](CN2C(=O)[C@@](O)(c3cccc(F)c3)c3ccccc32)C[C@H]1C(F)F)c1cccnc1. The van der Waals surface area contributed by atoms with E-state index in [9.17, 15) is 27.9 Å². The van der Waals surface area contributed by atoms with E-state index >= 15 is 0 Å². The molecule has 198 valence electrons. The zero-order valence-corrected chi connectivity index (χ0v) is 20.9. The van der Waals surface area contributed by atoms with E-state index in [-0.39, 0.29) is 36.1 Å². The number of rotatable bonds is 6. The first-order chi connectivity index (χ1) is 18.2. The minimum absolute atomic E-state index is 0.0197. The molecule has 2 heterocycles. The molecule has 1 fully saturated rings. The number of aromatic nitrogens is 1. The Balaban J connectivity index is 1.39. The molecule has 1 aliphatic carbocycles. The molecule has 1 aromatic heterocycles. The van der Waals surface area contributed by atoms with Gasteiger partial charge in [0, 0.05) is 47.4 Å². The first kappa shape index (κ1) is 26.2. The second-order valence-electron chi connectivity index (χ2n) is 9.72. The molecule has 0 saturated heterocycles. The Labute approximate surface area is 222 Å². The van der Waals surface area contributed by atoms with Crippen molar-refractivity contribution in [1.82, 2.24) is 10.3 Å². The molecule has 1 aliphatic heterocycles. The Hall–Kier alpha value is -3.43. The first-order valence-electron chi connectivity index (χ1n) is 12.2. The van der Waals surface area contributed by atoms with E-state index in [1.165, 1.54) is 35.5 Å². The van der Waals surface area contributed by atoms with Crippen molar-refractivity contribution in [2.45, 2.75) is 36.3 Å². The maximum atomic E-state index is 14.2. The number of pyridine rings is 1. The summed E-state index contributed by atoms with van der Waals surface area (Å²) in [5, 5.41) is 13.6. The van der Waals surface area contributed by atoms with Gasteiger partial charge in [0.15, 0.2) is 5.60 Å². The maximum Gasteiger partial charge on any atom is 0.268 e. The largest absolute Gasteiger partial charge is 0.372 e. The lowest BCUT2D eigenvalue weighted by molar-refractivity contribution is -0.132. The number of amides is 2. The lowest BCUT2D eigenvalue weighted by Gasteiger charge is -2.40. The van der Waals surface area contributed by atoms with Crippen LogP contribution >= 0.6 is 11.6 Å². The molecule has 0 radical (unpaired) electrons. The third-order valence-corrected chi connectivity index (χ3v) is 7.98. The van der Waals surface area contributed by atoms with Crippen molar-refractivity contribution < 1.29 is 27.9 Å². The van der Waals surface area contributed by atoms with E-state index in [0.717, 1.165) is 6.07 Å². The summed E-state index contributed by atoms with van der Waals surface area (Å²) >= 11 is 6.68. The number of hydrogen-bond donors (Lipinski definition) is 2. The summed E-state index contributed by atoms with van der Waals surface area (Å²) in [4.78, 5) is 31.5. The quantitative estimate of drug-likeness (QED) is 0.449. The Bertz CT molecular complexity index is 1340. The van der Waals surface area contributed by atoms with Crippen LogP contribution in [-0.4, -0.2) is 46.3 Å². The number of benzene rings is 2. The molecule has 2 aromatic carbocycles. The molecule has 2 aliphatic rings. The number of aliphatic hydroxyl groups is 1. The molecule has 2 amide bonds. The van der Waals surface area contributed by atoms with Crippen molar-refractivity contribution in [3.63, 3.8) is 0 Å². The van der Waals surface area contributed by atoms with Gasteiger partial charge in [-0.15, -0.1) is 11.6 Å². The number of para-hydroxylation sites is 1. The Morgan fingerprint density at radius 3 is 2.66 bits per heavy atom. The second-order valence-corrected chi connectivity index (χ2v) is 10.3. The Kier molecular flexibility index (Phi) is 7.15. The number of anilines is 1. The van der Waals surface area contributed by atoms with Crippen molar-refractivity contribution in [3.05, 3.63) is 95.6 Å². The zero-order chi connectivity index (χ0) is 27.0. The highest BCUT2D eigenvalue weighted by Crippen LogP contribution is 2.46. The predicted molar refractivity (Wildman–Crippen MR) is 136 cm³/mol. The van der Waals surface area contributed by atoms with Crippen molar-refractivity contribution >= 4 is 29.1 Å². The molecule has 3 aromatic rings. The minimum Gasteiger partial charge on any atom is -0.372 e. The van der Waals surface area contributed by atoms with Crippen molar-refractivity contribution in [2.75, 3.05) is 11.4 Å². The van der Waals surface area contributed by atoms with Crippen molar-refractivity contribution in [2.24, 2.45) is 11.8 Å².